The van der Waals surface area contributed by atoms with Gasteiger partial charge < -0.3 is 9.64 Å². The molecule has 2 aromatic carbocycles. The lowest BCUT2D eigenvalue weighted by Gasteiger charge is -2.25. The van der Waals surface area contributed by atoms with E-state index in [0.717, 1.165) is 30.7 Å². The molecule has 1 fully saturated rings. The summed E-state index contributed by atoms with van der Waals surface area (Å²) in [6.07, 6.45) is 2.58. The van der Waals surface area contributed by atoms with E-state index in [2.05, 4.69) is 31.2 Å². The second kappa shape index (κ2) is 6.86. The third-order valence-electron chi connectivity index (χ3n) is 4.51. The minimum Gasteiger partial charge on any atom is -0.497 e. The van der Waals surface area contributed by atoms with Gasteiger partial charge >= 0.3 is 0 Å². The SMILES string of the molecule is COc1ccc(CC(=O)N2CCCC2c2cccc(C)c2)cc1. The minimum absolute atomic E-state index is 0.208. The van der Waals surface area contributed by atoms with Gasteiger partial charge in [0.1, 0.15) is 5.75 Å². The van der Waals surface area contributed by atoms with Gasteiger partial charge in [0.2, 0.25) is 5.91 Å². The van der Waals surface area contributed by atoms with E-state index in [1.165, 1.54) is 11.1 Å². The molecular formula is C20H23NO2. The molecule has 1 aliphatic heterocycles. The largest absolute Gasteiger partial charge is 0.497 e. The average Bonchev–Trinajstić information content (AvgIpc) is 3.05. The third-order valence-corrected chi connectivity index (χ3v) is 4.51. The molecule has 1 heterocycles. The van der Waals surface area contributed by atoms with Gasteiger partial charge in [0, 0.05) is 6.54 Å². The van der Waals surface area contributed by atoms with Crippen molar-refractivity contribution >= 4 is 5.91 Å². The number of ether oxygens (including phenoxy) is 1. The number of carbonyl (C=O) groups excluding carboxylic acids is 1. The lowest BCUT2D eigenvalue weighted by molar-refractivity contribution is -0.131. The maximum atomic E-state index is 12.7. The second-order valence-electron chi connectivity index (χ2n) is 6.18. The van der Waals surface area contributed by atoms with E-state index in [9.17, 15) is 4.79 Å². The van der Waals surface area contributed by atoms with Crippen LogP contribution in [0.2, 0.25) is 0 Å². The van der Waals surface area contributed by atoms with E-state index in [-0.39, 0.29) is 11.9 Å². The molecule has 1 saturated heterocycles. The van der Waals surface area contributed by atoms with Crippen LogP contribution >= 0.6 is 0 Å². The number of likely N-dealkylation sites (tertiary alicyclic amines) is 1. The zero-order valence-electron chi connectivity index (χ0n) is 13.8. The Morgan fingerprint density at radius 3 is 2.70 bits per heavy atom. The smallest absolute Gasteiger partial charge is 0.227 e. The number of hydrogen-bond acceptors (Lipinski definition) is 2. The predicted molar refractivity (Wildman–Crippen MR) is 91.6 cm³/mol. The summed E-state index contributed by atoms with van der Waals surface area (Å²) in [5.74, 6) is 1.03. The topological polar surface area (TPSA) is 29.5 Å². The Morgan fingerprint density at radius 1 is 1.22 bits per heavy atom. The van der Waals surface area contributed by atoms with Crippen LogP contribution in [-0.2, 0) is 11.2 Å². The Kier molecular flexibility index (Phi) is 4.65. The molecule has 1 amide bonds. The van der Waals surface area contributed by atoms with Gasteiger partial charge in [-0.05, 0) is 43.0 Å². The van der Waals surface area contributed by atoms with E-state index in [1.807, 2.05) is 29.2 Å². The molecule has 1 aliphatic rings. The van der Waals surface area contributed by atoms with Crippen LogP contribution in [0.1, 0.15) is 35.6 Å². The van der Waals surface area contributed by atoms with Gasteiger partial charge in [-0.2, -0.15) is 0 Å². The Morgan fingerprint density at radius 2 is 2.00 bits per heavy atom. The number of rotatable bonds is 4. The number of carbonyl (C=O) groups is 1. The van der Waals surface area contributed by atoms with Crippen LogP contribution in [0.25, 0.3) is 0 Å². The fourth-order valence-electron chi connectivity index (χ4n) is 3.31. The Hall–Kier alpha value is -2.29. The van der Waals surface area contributed by atoms with Gasteiger partial charge in [0.25, 0.3) is 0 Å². The first-order chi connectivity index (χ1) is 11.2. The molecule has 0 aliphatic carbocycles. The van der Waals surface area contributed by atoms with Crippen LogP contribution in [-0.4, -0.2) is 24.5 Å². The van der Waals surface area contributed by atoms with Crippen LogP contribution in [0.15, 0.2) is 48.5 Å². The van der Waals surface area contributed by atoms with E-state index < -0.39 is 0 Å². The molecule has 1 unspecified atom stereocenters. The average molecular weight is 309 g/mol. The highest BCUT2D eigenvalue weighted by atomic mass is 16.5. The molecule has 0 spiro atoms. The van der Waals surface area contributed by atoms with Crippen LogP contribution in [0.3, 0.4) is 0 Å². The summed E-state index contributed by atoms with van der Waals surface area (Å²) in [6, 6.07) is 16.5. The molecule has 0 saturated carbocycles. The number of nitrogens with zero attached hydrogens (tertiary/aromatic N) is 1. The lowest BCUT2D eigenvalue weighted by atomic mass is 10.0. The summed E-state index contributed by atoms with van der Waals surface area (Å²) in [5.41, 5.74) is 3.54. The van der Waals surface area contributed by atoms with Crippen molar-refractivity contribution in [2.24, 2.45) is 0 Å². The van der Waals surface area contributed by atoms with Gasteiger partial charge in [-0.25, -0.2) is 0 Å². The van der Waals surface area contributed by atoms with Crippen LogP contribution in [0.4, 0.5) is 0 Å². The molecule has 3 heteroatoms. The van der Waals surface area contributed by atoms with Crippen molar-refractivity contribution in [2.45, 2.75) is 32.2 Å². The number of hydrogen-bond donors (Lipinski definition) is 0. The van der Waals surface area contributed by atoms with Crippen molar-refractivity contribution in [2.75, 3.05) is 13.7 Å². The summed E-state index contributed by atoms with van der Waals surface area (Å²) >= 11 is 0. The third kappa shape index (κ3) is 3.55. The fraction of sp³-hybridized carbons (Fsp3) is 0.350. The molecule has 1 atom stereocenters. The first-order valence-corrected chi connectivity index (χ1v) is 8.16. The monoisotopic (exact) mass is 309 g/mol. The summed E-state index contributed by atoms with van der Waals surface area (Å²) < 4.78 is 5.16. The van der Waals surface area contributed by atoms with Gasteiger partial charge in [-0.15, -0.1) is 0 Å². The Balaban J connectivity index is 1.72. The van der Waals surface area contributed by atoms with Gasteiger partial charge in [-0.1, -0.05) is 42.0 Å². The maximum Gasteiger partial charge on any atom is 0.227 e. The fourth-order valence-corrected chi connectivity index (χ4v) is 3.31. The molecule has 0 radical (unpaired) electrons. The highest BCUT2D eigenvalue weighted by Crippen LogP contribution is 2.32. The number of aryl methyl sites for hydroxylation is 1. The predicted octanol–water partition coefficient (Wildman–Crippen LogP) is 3.91. The van der Waals surface area contributed by atoms with Crippen molar-refractivity contribution in [3.63, 3.8) is 0 Å². The van der Waals surface area contributed by atoms with Crippen molar-refractivity contribution < 1.29 is 9.53 Å². The maximum absolute atomic E-state index is 12.7. The summed E-state index contributed by atoms with van der Waals surface area (Å²) in [7, 11) is 1.65. The van der Waals surface area contributed by atoms with E-state index in [4.69, 9.17) is 4.74 Å². The quantitative estimate of drug-likeness (QED) is 0.857. The van der Waals surface area contributed by atoms with Gasteiger partial charge in [0.05, 0.1) is 19.6 Å². The molecule has 0 N–H and O–H groups in total. The van der Waals surface area contributed by atoms with Gasteiger partial charge in [0.15, 0.2) is 0 Å². The molecule has 2 aromatic rings. The van der Waals surface area contributed by atoms with Gasteiger partial charge in [-0.3, -0.25) is 4.79 Å². The van der Waals surface area contributed by atoms with Crippen LogP contribution in [0.5, 0.6) is 5.75 Å². The second-order valence-corrected chi connectivity index (χ2v) is 6.18. The lowest BCUT2D eigenvalue weighted by Crippen LogP contribution is -2.31. The van der Waals surface area contributed by atoms with E-state index in [1.54, 1.807) is 7.11 Å². The molecule has 3 rings (SSSR count). The molecule has 120 valence electrons. The highest BCUT2D eigenvalue weighted by molar-refractivity contribution is 5.79. The van der Waals surface area contributed by atoms with Crippen molar-refractivity contribution in [3.05, 3.63) is 65.2 Å². The van der Waals surface area contributed by atoms with Crippen molar-refractivity contribution in [1.82, 2.24) is 4.90 Å². The zero-order valence-corrected chi connectivity index (χ0v) is 13.8. The molecule has 0 aromatic heterocycles. The van der Waals surface area contributed by atoms with Crippen molar-refractivity contribution in [3.8, 4) is 5.75 Å². The standard InChI is InChI=1S/C20H23NO2/c1-15-5-3-6-17(13-15)19-7-4-12-21(19)20(22)14-16-8-10-18(23-2)11-9-16/h3,5-6,8-11,13,19H,4,7,12,14H2,1-2H3. The molecule has 3 nitrogen and oxygen atoms in total. The first kappa shape index (κ1) is 15.6. The van der Waals surface area contributed by atoms with E-state index >= 15 is 0 Å². The number of amides is 1. The van der Waals surface area contributed by atoms with Crippen LogP contribution < -0.4 is 4.74 Å². The summed E-state index contributed by atoms with van der Waals surface area (Å²) in [6.45, 7) is 2.95. The summed E-state index contributed by atoms with van der Waals surface area (Å²) in [4.78, 5) is 14.8. The number of methoxy groups -OCH3 is 1. The van der Waals surface area contributed by atoms with Crippen LogP contribution in [0, 0.1) is 6.92 Å². The zero-order chi connectivity index (χ0) is 16.2. The highest BCUT2D eigenvalue weighted by Gasteiger charge is 2.29. The molecular weight excluding hydrogens is 286 g/mol. The first-order valence-electron chi connectivity index (χ1n) is 8.16. The Bertz CT molecular complexity index is 678. The van der Waals surface area contributed by atoms with Crippen molar-refractivity contribution in [1.29, 1.82) is 0 Å². The Labute approximate surface area is 137 Å². The number of benzene rings is 2. The minimum atomic E-state index is 0.208. The molecule has 0 bridgehead atoms. The summed E-state index contributed by atoms with van der Waals surface area (Å²) in [5, 5.41) is 0. The van der Waals surface area contributed by atoms with E-state index in [0.29, 0.717) is 6.42 Å². The normalized spacial score (nSPS) is 17.3. The molecule has 23 heavy (non-hydrogen) atoms.